The first-order valence-corrected chi connectivity index (χ1v) is 6.62. The first-order valence-electron chi connectivity index (χ1n) is 5.82. The molecule has 0 aromatic heterocycles. The van der Waals surface area contributed by atoms with Gasteiger partial charge in [-0.15, -0.1) is 0 Å². The van der Waals surface area contributed by atoms with Crippen molar-refractivity contribution in [1.82, 2.24) is 0 Å². The van der Waals surface area contributed by atoms with E-state index in [0.29, 0.717) is 34.4 Å². The molecule has 0 atom stereocenters. The lowest BCUT2D eigenvalue weighted by molar-refractivity contribution is 0.245. The lowest BCUT2D eigenvalue weighted by Gasteiger charge is -2.37. The highest BCUT2D eigenvalue weighted by Gasteiger charge is 2.42. The molecule has 0 unspecified atom stereocenters. The summed E-state index contributed by atoms with van der Waals surface area (Å²) in [5.74, 6) is 0.916. The number of hydrogen-bond donors (Lipinski definition) is 1. The highest BCUT2D eigenvalue weighted by Crippen LogP contribution is 2.53. The fourth-order valence-electron chi connectivity index (χ4n) is 2.34. The van der Waals surface area contributed by atoms with Crippen molar-refractivity contribution in [3.05, 3.63) is 16.1 Å². The molecule has 2 rings (SSSR count). The molecule has 0 heterocycles. The van der Waals surface area contributed by atoms with Gasteiger partial charge in [0.1, 0.15) is 15.8 Å². The molecule has 1 aliphatic rings. The zero-order valence-electron chi connectivity index (χ0n) is 10.7. The standard InChI is InChI=1S/C13H14BrNO4/c1-18-9-6-8(11(17)10(14)12(9)19-2)13(15-7-16)4-3-5-13/h6,17H,3-5H2,1-2H3. The molecule has 102 valence electrons. The van der Waals surface area contributed by atoms with Crippen LogP contribution in [0.1, 0.15) is 24.8 Å². The van der Waals surface area contributed by atoms with Crippen molar-refractivity contribution in [3.63, 3.8) is 0 Å². The van der Waals surface area contributed by atoms with E-state index in [2.05, 4.69) is 20.9 Å². The maximum atomic E-state index is 10.6. The number of phenols is 1. The number of methoxy groups -OCH3 is 2. The normalized spacial score (nSPS) is 16.2. The predicted molar refractivity (Wildman–Crippen MR) is 72.6 cm³/mol. The second-order valence-electron chi connectivity index (χ2n) is 4.41. The van der Waals surface area contributed by atoms with Crippen LogP contribution in [0.3, 0.4) is 0 Å². The van der Waals surface area contributed by atoms with E-state index in [1.54, 1.807) is 12.1 Å². The summed E-state index contributed by atoms with van der Waals surface area (Å²) in [5, 5.41) is 10.3. The van der Waals surface area contributed by atoms with Gasteiger partial charge in [-0.1, -0.05) is 0 Å². The van der Waals surface area contributed by atoms with E-state index in [1.807, 2.05) is 0 Å². The summed E-state index contributed by atoms with van der Waals surface area (Å²) in [6.45, 7) is 0. The molecule has 0 bridgehead atoms. The first kappa shape index (κ1) is 13.9. The Morgan fingerprint density at radius 2 is 2.11 bits per heavy atom. The van der Waals surface area contributed by atoms with E-state index in [9.17, 15) is 9.90 Å². The second-order valence-corrected chi connectivity index (χ2v) is 5.20. The van der Waals surface area contributed by atoms with Crippen molar-refractivity contribution in [3.8, 4) is 17.2 Å². The third-order valence-electron chi connectivity index (χ3n) is 3.53. The van der Waals surface area contributed by atoms with Gasteiger partial charge in [-0.25, -0.2) is 4.79 Å². The maximum absolute atomic E-state index is 10.6. The Hall–Kier alpha value is -1.52. The molecule has 1 aromatic rings. The summed E-state index contributed by atoms with van der Waals surface area (Å²) in [7, 11) is 3.01. The SMILES string of the molecule is COc1cc(C2(N=C=O)CCC2)c(O)c(Br)c1OC. The van der Waals surface area contributed by atoms with Crippen LogP contribution in [0.2, 0.25) is 0 Å². The number of hydrogen-bond acceptors (Lipinski definition) is 5. The molecular weight excluding hydrogens is 314 g/mol. The summed E-state index contributed by atoms with van der Waals surface area (Å²) >= 11 is 3.28. The fraction of sp³-hybridized carbons (Fsp3) is 0.462. The molecule has 1 aromatic carbocycles. The molecule has 0 saturated heterocycles. The number of isocyanates is 1. The molecular formula is C13H14BrNO4. The zero-order valence-corrected chi connectivity index (χ0v) is 12.3. The minimum absolute atomic E-state index is 0.0244. The topological polar surface area (TPSA) is 68.1 Å². The summed E-state index contributed by atoms with van der Waals surface area (Å²) in [5.41, 5.74) is -0.125. The van der Waals surface area contributed by atoms with Gasteiger partial charge < -0.3 is 14.6 Å². The van der Waals surface area contributed by atoms with Gasteiger partial charge >= 0.3 is 0 Å². The third kappa shape index (κ3) is 2.11. The lowest BCUT2D eigenvalue weighted by Crippen LogP contribution is -2.32. The van der Waals surface area contributed by atoms with Gasteiger partial charge in [0.05, 0.1) is 14.2 Å². The van der Waals surface area contributed by atoms with Crippen molar-refractivity contribution in [2.24, 2.45) is 4.99 Å². The first-order chi connectivity index (χ1) is 9.09. The number of carbonyl (C=O) groups excluding carboxylic acids is 1. The number of ether oxygens (including phenoxy) is 2. The van der Waals surface area contributed by atoms with Gasteiger partial charge in [0, 0.05) is 5.56 Å². The molecule has 1 saturated carbocycles. The Kier molecular flexibility index (Phi) is 3.83. The van der Waals surface area contributed by atoms with E-state index in [0.717, 1.165) is 6.42 Å². The van der Waals surface area contributed by atoms with Crippen LogP contribution >= 0.6 is 15.9 Å². The molecule has 19 heavy (non-hydrogen) atoms. The molecule has 0 radical (unpaired) electrons. The Labute approximate surface area is 119 Å². The van der Waals surface area contributed by atoms with Crippen molar-refractivity contribution in [2.45, 2.75) is 24.8 Å². The monoisotopic (exact) mass is 327 g/mol. The zero-order chi connectivity index (χ0) is 14.0. The molecule has 1 aliphatic carbocycles. The van der Waals surface area contributed by atoms with Crippen LogP contribution in [0.5, 0.6) is 17.2 Å². The van der Waals surface area contributed by atoms with Crippen LogP contribution in [-0.4, -0.2) is 25.4 Å². The van der Waals surface area contributed by atoms with Crippen molar-refractivity contribution in [1.29, 1.82) is 0 Å². The van der Waals surface area contributed by atoms with Crippen LogP contribution in [0.25, 0.3) is 0 Å². The van der Waals surface area contributed by atoms with E-state index >= 15 is 0 Å². The van der Waals surface area contributed by atoms with Crippen LogP contribution in [0, 0.1) is 0 Å². The van der Waals surface area contributed by atoms with Crippen LogP contribution in [-0.2, 0) is 10.3 Å². The number of rotatable bonds is 4. The Morgan fingerprint density at radius 1 is 1.42 bits per heavy atom. The molecule has 1 N–H and O–H groups in total. The van der Waals surface area contributed by atoms with E-state index < -0.39 is 5.54 Å². The van der Waals surface area contributed by atoms with Crippen molar-refractivity contribution < 1.29 is 19.4 Å². The fourth-order valence-corrected chi connectivity index (χ4v) is 2.91. The third-order valence-corrected chi connectivity index (χ3v) is 4.26. The predicted octanol–water partition coefficient (Wildman–Crippen LogP) is 2.89. The van der Waals surface area contributed by atoms with Gasteiger partial charge in [-0.3, -0.25) is 0 Å². The van der Waals surface area contributed by atoms with Gasteiger partial charge in [0.15, 0.2) is 11.5 Å². The average Bonchev–Trinajstić information content (AvgIpc) is 2.37. The van der Waals surface area contributed by atoms with E-state index in [-0.39, 0.29) is 5.75 Å². The molecule has 1 fully saturated rings. The number of aromatic hydroxyl groups is 1. The van der Waals surface area contributed by atoms with Gasteiger partial charge in [-0.2, -0.15) is 4.99 Å². The summed E-state index contributed by atoms with van der Waals surface area (Å²) in [4.78, 5) is 14.5. The van der Waals surface area contributed by atoms with E-state index in [1.165, 1.54) is 14.2 Å². The van der Waals surface area contributed by atoms with Crippen LogP contribution in [0.4, 0.5) is 0 Å². The minimum atomic E-state index is -0.687. The number of halogens is 1. The quantitative estimate of drug-likeness (QED) is 0.682. The van der Waals surface area contributed by atoms with Gasteiger partial charge in [0.2, 0.25) is 6.08 Å². The summed E-state index contributed by atoms with van der Waals surface area (Å²) in [6, 6.07) is 1.67. The molecule has 5 nitrogen and oxygen atoms in total. The number of nitrogens with zero attached hydrogens (tertiary/aromatic N) is 1. The minimum Gasteiger partial charge on any atom is -0.506 e. The highest BCUT2D eigenvalue weighted by atomic mass is 79.9. The molecule has 0 aliphatic heterocycles. The Morgan fingerprint density at radius 3 is 2.53 bits per heavy atom. The largest absolute Gasteiger partial charge is 0.506 e. The molecule has 0 amide bonds. The highest BCUT2D eigenvalue weighted by molar-refractivity contribution is 9.10. The number of phenolic OH excluding ortho intramolecular Hbond substituents is 1. The van der Waals surface area contributed by atoms with Crippen LogP contribution < -0.4 is 9.47 Å². The smallest absolute Gasteiger partial charge is 0.235 e. The van der Waals surface area contributed by atoms with Gasteiger partial charge in [-0.05, 0) is 41.3 Å². The maximum Gasteiger partial charge on any atom is 0.235 e. The van der Waals surface area contributed by atoms with Crippen molar-refractivity contribution >= 4 is 22.0 Å². The number of aliphatic imine (C=N–C) groups is 1. The second kappa shape index (κ2) is 5.23. The number of benzene rings is 1. The van der Waals surface area contributed by atoms with Crippen LogP contribution in [0.15, 0.2) is 15.5 Å². The Bertz CT molecular complexity index is 548. The molecule has 0 spiro atoms. The van der Waals surface area contributed by atoms with Gasteiger partial charge in [0.25, 0.3) is 0 Å². The Balaban J connectivity index is 2.64. The van der Waals surface area contributed by atoms with E-state index in [4.69, 9.17) is 9.47 Å². The lowest BCUT2D eigenvalue weighted by atomic mass is 9.72. The molecule has 6 heteroatoms. The average molecular weight is 328 g/mol. The van der Waals surface area contributed by atoms with Crippen molar-refractivity contribution in [2.75, 3.05) is 14.2 Å². The summed E-state index contributed by atoms with van der Waals surface area (Å²) in [6.07, 6.45) is 3.97. The summed E-state index contributed by atoms with van der Waals surface area (Å²) < 4.78 is 10.8.